The lowest BCUT2D eigenvalue weighted by Gasteiger charge is -2.21. The van der Waals surface area contributed by atoms with Gasteiger partial charge in [0.15, 0.2) is 12.2 Å². The minimum absolute atomic E-state index is 0.106. The van der Waals surface area contributed by atoms with Crippen LogP contribution in [0.2, 0.25) is 0 Å². The van der Waals surface area contributed by atoms with Crippen molar-refractivity contribution in [3.63, 3.8) is 0 Å². The highest BCUT2D eigenvalue weighted by molar-refractivity contribution is 7.47. The first-order valence-electron chi connectivity index (χ1n) is 39.2. The molecule has 95 heavy (non-hydrogen) atoms. The van der Waals surface area contributed by atoms with Crippen LogP contribution in [-0.4, -0.2) is 96.7 Å². The summed E-state index contributed by atoms with van der Waals surface area (Å²) in [5, 5.41) is 10.6. The van der Waals surface area contributed by atoms with E-state index in [4.69, 9.17) is 37.0 Å². The topological polar surface area (TPSA) is 237 Å². The maximum absolute atomic E-state index is 13.1. The molecule has 0 saturated carbocycles. The van der Waals surface area contributed by atoms with E-state index in [1.54, 1.807) is 0 Å². The molecule has 0 aliphatic heterocycles. The third kappa shape index (κ3) is 69.0. The van der Waals surface area contributed by atoms with Gasteiger partial charge in [0.25, 0.3) is 0 Å². The number of unbranched alkanes of at least 4 members (excludes halogenated alkanes) is 38. The van der Waals surface area contributed by atoms with E-state index in [9.17, 15) is 43.2 Å². The molecule has 0 aliphatic rings. The molecule has 17 nitrogen and oxygen atoms in total. The zero-order valence-electron chi connectivity index (χ0n) is 62.3. The summed E-state index contributed by atoms with van der Waals surface area (Å²) in [6.45, 7) is 14.2. The summed E-state index contributed by atoms with van der Waals surface area (Å²) in [7, 11) is -9.91. The average Bonchev–Trinajstić information content (AvgIpc) is 1.83. The van der Waals surface area contributed by atoms with Crippen LogP contribution in [0, 0.1) is 23.7 Å². The maximum Gasteiger partial charge on any atom is 0.472 e. The van der Waals surface area contributed by atoms with Crippen LogP contribution in [0.1, 0.15) is 383 Å². The van der Waals surface area contributed by atoms with Crippen molar-refractivity contribution in [3.8, 4) is 0 Å². The first-order chi connectivity index (χ1) is 45.6. The number of phosphoric ester groups is 2. The molecule has 0 radical (unpaired) electrons. The lowest BCUT2D eigenvalue weighted by atomic mass is 9.99. The molecule has 3 N–H and O–H groups in total. The van der Waals surface area contributed by atoms with Crippen molar-refractivity contribution in [1.82, 2.24) is 0 Å². The van der Waals surface area contributed by atoms with E-state index in [0.717, 1.165) is 114 Å². The Hall–Kier alpha value is -1.94. The van der Waals surface area contributed by atoms with E-state index in [1.807, 2.05) is 0 Å². The molecule has 0 amide bonds. The van der Waals surface area contributed by atoms with Crippen LogP contribution in [-0.2, 0) is 65.4 Å². The molecule has 0 rings (SSSR count). The summed E-state index contributed by atoms with van der Waals surface area (Å²) in [6.07, 6.45) is 49.9. The number of carbonyl (C=O) groups excluding carboxylic acids is 4. The number of ether oxygens (including phenoxy) is 4. The van der Waals surface area contributed by atoms with Crippen LogP contribution >= 0.6 is 15.6 Å². The molecule has 6 atom stereocenters. The fourth-order valence-electron chi connectivity index (χ4n) is 11.5. The van der Waals surface area contributed by atoms with Gasteiger partial charge in [-0.3, -0.25) is 37.3 Å². The molecule has 0 aromatic heterocycles. The van der Waals surface area contributed by atoms with Gasteiger partial charge in [0.1, 0.15) is 19.3 Å². The second kappa shape index (κ2) is 65.4. The molecule has 4 unspecified atom stereocenters. The van der Waals surface area contributed by atoms with Crippen LogP contribution in [0.5, 0.6) is 0 Å². The number of aliphatic hydroxyl groups is 1. The van der Waals surface area contributed by atoms with Gasteiger partial charge in [-0.1, -0.05) is 331 Å². The molecule has 0 aliphatic carbocycles. The number of hydrogen-bond acceptors (Lipinski definition) is 15. The fourth-order valence-corrected chi connectivity index (χ4v) is 13.1. The summed E-state index contributed by atoms with van der Waals surface area (Å²) in [5.74, 6) is 0.957. The average molecular weight is 1400 g/mol. The first kappa shape index (κ1) is 93.1. The molecule has 0 bridgehead atoms. The molecular weight excluding hydrogens is 1250 g/mol. The molecule has 0 fully saturated rings. The number of phosphoric acid groups is 2. The van der Waals surface area contributed by atoms with Gasteiger partial charge in [0.05, 0.1) is 26.4 Å². The number of aliphatic hydroxyl groups excluding tert-OH is 1. The van der Waals surface area contributed by atoms with Gasteiger partial charge < -0.3 is 33.8 Å². The Morgan fingerprint density at radius 2 is 0.505 bits per heavy atom. The third-order valence-electron chi connectivity index (χ3n) is 17.9. The predicted octanol–water partition coefficient (Wildman–Crippen LogP) is 22.0. The van der Waals surface area contributed by atoms with Gasteiger partial charge in [0.2, 0.25) is 0 Å². The first-order valence-corrected chi connectivity index (χ1v) is 42.2. The largest absolute Gasteiger partial charge is 0.472 e. The van der Waals surface area contributed by atoms with E-state index in [2.05, 4.69) is 55.4 Å². The predicted molar refractivity (Wildman–Crippen MR) is 386 cm³/mol. The minimum Gasteiger partial charge on any atom is -0.462 e. The summed E-state index contributed by atoms with van der Waals surface area (Å²) < 4.78 is 68.5. The second-order valence-corrected chi connectivity index (χ2v) is 32.0. The van der Waals surface area contributed by atoms with E-state index < -0.39 is 97.5 Å². The molecule has 0 heterocycles. The Morgan fingerprint density at radius 1 is 0.295 bits per heavy atom. The molecule has 0 aromatic carbocycles. The number of hydrogen-bond donors (Lipinski definition) is 3. The van der Waals surface area contributed by atoms with Gasteiger partial charge in [-0.25, -0.2) is 9.13 Å². The van der Waals surface area contributed by atoms with Gasteiger partial charge in [0, 0.05) is 25.7 Å². The molecule has 0 spiro atoms. The van der Waals surface area contributed by atoms with Crippen molar-refractivity contribution in [1.29, 1.82) is 0 Å². The van der Waals surface area contributed by atoms with E-state index in [-0.39, 0.29) is 25.7 Å². The summed E-state index contributed by atoms with van der Waals surface area (Å²) in [5.41, 5.74) is 0. The Morgan fingerprint density at radius 3 is 0.747 bits per heavy atom. The van der Waals surface area contributed by atoms with Crippen molar-refractivity contribution >= 4 is 39.5 Å². The van der Waals surface area contributed by atoms with Crippen LogP contribution in [0.3, 0.4) is 0 Å². The van der Waals surface area contributed by atoms with E-state index in [0.29, 0.717) is 31.6 Å². The minimum atomic E-state index is -4.96. The van der Waals surface area contributed by atoms with Crippen molar-refractivity contribution in [2.75, 3.05) is 39.6 Å². The molecule has 0 aromatic rings. The SMILES string of the molecule is CCC(C)CCCCCCCCCCCCC(=O)OC[C@H](COP(=O)(O)OCC(O)COP(=O)(O)OC[C@@H](COC(=O)CCCCCCCCCC(C)C)OC(=O)CCCCCCCCCCCCCCC(C)C)OC(=O)CCCCCCCCCCCCCCCC(C)C. The zero-order chi connectivity index (χ0) is 70.3. The van der Waals surface area contributed by atoms with Gasteiger partial charge in [-0.15, -0.1) is 0 Å². The molecular formula is C76H148O17P2. The zero-order valence-corrected chi connectivity index (χ0v) is 64.1. The second-order valence-electron chi connectivity index (χ2n) is 29.1. The third-order valence-corrected chi connectivity index (χ3v) is 19.8. The maximum atomic E-state index is 13.1. The molecule has 19 heteroatoms. The van der Waals surface area contributed by atoms with E-state index >= 15 is 0 Å². The highest BCUT2D eigenvalue weighted by Crippen LogP contribution is 2.45. The smallest absolute Gasteiger partial charge is 0.462 e. The standard InChI is InChI=1S/C76H148O17P2/c1-9-69(8)55-47-39-31-23-19-20-24-32-40-48-56-73(78)86-62-71(92-75(80)58-50-42-33-25-17-12-10-11-15-21-28-36-44-52-66(2)3)64-90-94(82,83)88-60-70(77)61-89-95(84,85)91-65-72(63-87-74(79)57-49-41-35-27-30-38-46-54-68(6)7)93-76(81)59-51-43-34-26-18-14-13-16-22-29-37-45-53-67(4)5/h66-72,77H,9-65H2,1-8H3,(H,82,83)(H,84,85)/t69?,70?,71-,72-/m1/s1. The van der Waals surface area contributed by atoms with Gasteiger partial charge in [-0.05, 0) is 49.4 Å². The molecule has 564 valence electrons. The monoisotopic (exact) mass is 1400 g/mol. The van der Waals surface area contributed by atoms with Crippen molar-refractivity contribution < 1.29 is 80.2 Å². The van der Waals surface area contributed by atoms with Crippen molar-refractivity contribution in [3.05, 3.63) is 0 Å². The van der Waals surface area contributed by atoms with Crippen molar-refractivity contribution in [2.24, 2.45) is 23.7 Å². The Kier molecular flexibility index (Phi) is 64.0. The Bertz CT molecular complexity index is 1870. The lowest BCUT2D eigenvalue weighted by Crippen LogP contribution is -2.30. The summed E-state index contributed by atoms with van der Waals surface area (Å²) >= 11 is 0. The number of carbonyl (C=O) groups is 4. The highest BCUT2D eigenvalue weighted by Gasteiger charge is 2.30. The van der Waals surface area contributed by atoms with E-state index in [1.165, 1.54) is 180 Å². The van der Waals surface area contributed by atoms with Crippen LogP contribution in [0.4, 0.5) is 0 Å². The Balaban J connectivity index is 5.26. The number of esters is 4. The normalized spacial score (nSPS) is 14.4. The van der Waals surface area contributed by atoms with Crippen LogP contribution in [0.15, 0.2) is 0 Å². The summed E-state index contributed by atoms with van der Waals surface area (Å²) in [6, 6.07) is 0. The van der Waals surface area contributed by atoms with Crippen LogP contribution < -0.4 is 0 Å². The van der Waals surface area contributed by atoms with Crippen LogP contribution in [0.25, 0.3) is 0 Å². The highest BCUT2D eigenvalue weighted by atomic mass is 31.2. The Labute approximate surface area is 581 Å². The quantitative estimate of drug-likeness (QED) is 0.0222. The number of rotatable bonds is 73. The van der Waals surface area contributed by atoms with Gasteiger partial charge >= 0.3 is 39.5 Å². The lowest BCUT2D eigenvalue weighted by molar-refractivity contribution is -0.161. The van der Waals surface area contributed by atoms with Crippen molar-refractivity contribution in [2.45, 2.75) is 401 Å². The summed E-state index contributed by atoms with van der Waals surface area (Å²) in [4.78, 5) is 72.8. The fraction of sp³-hybridized carbons (Fsp3) is 0.947. The van der Waals surface area contributed by atoms with Gasteiger partial charge in [-0.2, -0.15) is 0 Å². The molecule has 0 saturated heterocycles.